The minimum absolute atomic E-state index is 0.0582. The smallest absolute Gasteiger partial charge is 0.380 e. The number of rotatable bonds is 8. The molecule has 4 aromatic rings. The predicted octanol–water partition coefficient (Wildman–Crippen LogP) is 4.35. The van der Waals surface area contributed by atoms with Gasteiger partial charge in [-0.1, -0.05) is 55.1 Å². The first-order valence-electron chi connectivity index (χ1n) is 16.8. The highest BCUT2D eigenvalue weighted by Gasteiger charge is 2.50. The lowest BCUT2D eigenvalue weighted by atomic mass is 9.76. The van der Waals surface area contributed by atoms with Gasteiger partial charge in [-0.05, 0) is 44.0 Å². The lowest BCUT2D eigenvalue weighted by molar-refractivity contribution is -0.194. The van der Waals surface area contributed by atoms with E-state index in [1.54, 1.807) is 0 Å². The van der Waals surface area contributed by atoms with Crippen LogP contribution in [0.4, 0.5) is 19.0 Å². The summed E-state index contributed by atoms with van der Waals surface area (Å²) in [6.45, 7) is 13.0. The van der Waals surface area contributed by atoms with Gasteiger partial charge in [-0.25, -0.2) is 14.6 Å². The van der Waals surface area contributed by atoms with Crippen molar-refractivity contribution in [2.24, 2.45) is 11.1 Å². The monoisotopic (exact) mass is 718 g/mol. The molecule has 3 aliphatic rings. The van der Waals surface area contributed by atoms with Crippen LogP contribution < -0.4 is 16.0 Å². The fraction of sp³-hybridized carbons (Fsp3) is 0.351. The number of carbonyl (C=O) groups excluding carboxylic acids is 3. The third-order valence-electron chi connectivity index (χ3n) is 9.00. The highest BCUT2D eigenvalue weighted by molar-refractivity contribution is 5.95. The molecule has 0 saturated carbocycles. The summed E-state index contributed by atoms with van der Waals surface area (Å²) in [5, 5.41) is 7.37. The Kier molecular flexibility index (Phi) is 11.9. The number of alkyl halides is 3. The molecular formula is C37H41F3N8O4. The second kappa shape index (κ2) is 16.3. The third-order valence-corrected chi connectivity index (χ3v) is 9.00. The van der Waals surface area contributed by atoms with Crippen molar-refractivity contribution in [1.82, 2.24) is 30.0 Å². The molecule has 12 nitrogen and oxygen atoms in total. The van der Waals surface area contributed by atoms with Gasteiger partial charge in [0.25, 0.3) is 5.91 Å². The van der Waals surface area contributed by atoms with Crippen molar-refractivity contribution < 1.29 is 32.3 Å². The van der Waals surface area contributed by atoms with Gasteiger partial charge in [0.2, 0.25) is 17.6 Å². The van der Waals surface area contributed by atoms with Crippen LogP contribution in [0, 0.1) is 5.41 Å². The van der Waals surface area contributed by atoms with Crippen molar-refractivity contribution in [3.8, 4) is 5.69 Å². The topological polar surface area (TPSA) is 149 Å². The van der Waals surface area contributed by atoms with Crippen molar-refractivity contribution in [1.29, 1.82) is 0 Å². The Labute approximate surface area is 299 Å². The van der Waals surface area contributed by atoms with Crippen molar-refractivity contribution in [3.63, 3.8) is 0 Å². The normalized spacial score (nSPS) is 16.5. The highest BCUT2D eigenvalue weighted by Crippen LogP contribution is 2.39. The van der Waals surface area contributed by atoms with Crippen LogP contribution in [0.5, 0.6) is 0 Å². The molecule has 2 aromatic heterocycles. The van der Waals surface area contributed by atoms with Gasteiger partial charge in [0, 0.05) is 61.4 Å². The van der Waals surface area contributed by atoms with Crippen LogP contribution >= 0.6 is 0 Å². The molecule has 7 rings (SSSR count). The Balaban J connectivity index is 0.000000155. The molecule has 15 heteroatoms. The molecule has 1 spiro atoms. The molecule has 3 aliphatic heterocycles. The first-order valence-corrected chi connectivity index (χ1v) is 16.8. The van der Waals surface area contributed by atoms with E-state index in [-0.39, 0.29) is 17.9 Å². The van der Waals surface area contributed by atoms with Gasteiger partial charge < -0.3 is 15.8 Å². The maximum Gasteiger partial charge on any atom is 0.433 e. The quantitative estimate of drug-likeness (QED) is 0.256. The number of halogens is 3. The number of ether oxygens (including phenoxy) is 1. The second-order valence-electron chi connectivity index (χ2n) is 12.8. The van der Waals surface area contributed by atoms with E-state index >= 15 is 0 Å². The summed E-state index contributed by atoms with van der Waals surface area (Å²) in [5.41, 5.74) is 7.76. The average molecular weight is 719 g/mol. The molecule has 2 saturated heterocycles. The average Bonchev–Trinajstić information content (AvgIpc) is 3.54. The number of fused-ring (bicyclic) bond motifs is 1. The number of nitrogens with zero attached hydrogens (tertiary/aromatic N) is 6. The molecule has 1 atom stereocenters. The minimum atomic E-state index is -4.59. The van der Waals surface area contributed by atoms with Crippen molar-refractivity contribution in [2.75, 3.05) is 37.7 Å². The fourth-order valence-electron chi connectivity index (χ4n) is 6.02. The van der Waals surface area contributed by atoms with E-state index < -0.39 is 23.6 Å². The van der Waals surface area contributed by atoms with Crippen molar-refractivity contribution in [2.45, 2.75) is 45.5 Å². The van der Waals surface area contributed by atoms with Crippen LogP contribution in [0.15, 0.2) is 91.3 Å². The first kappa shape index (κ1) is 37.8. The number of nitrogens with one attached hydrogen (secondary N) is 1. The molecule has 3 N–H and O–H groups in total. The number of amides is 3. The summed E-state index contributed by atoms with van der Waals surface area (Å²) in [7, 11) is 0. The summed E-state index contributed by atoms with van der Waals surface area (Å²) < 4.78 is 43.1. The van der Waals surface area contributed by atoms with Gasteiger partial charge in [0.15, 0.2) is 0 Å². The number of nitrogens with two attached hydrogens (primary N) is 1. The molecule has 3 amide bonds. The van der Waals surface area contributed by atoms with Gasteiger partial charge in [0.1, 0.15) is 11.5 Å². The molecular weight excluding hydrogens is 677 g/mol. The summed E-state index contributed by atoms with van der Waals surface area (Å²) in [4.78, 5) is 44.9. The molecule has 1 unspecified atom stereocenters. The molecule has 0 radical (unpaired) electrons. The number of hydrogen-bond donors (Lipinski definition) is 2. The van der Waals surface area contributed by atoms with Gasteiger partial charge in [-0.2, -0.15) is 18.3 Å². The molecule has 2 aromatic carbocycles. The standard InChI is InChI=1S/C17H22N2O2.C14H15N3O.C6H4F3N3O/c1-13(14(2)19-9-17(10-19)11-21-12-17)16(20)18-8-15-6-4-3-5-7-15;1-2-16-13(18)9-8-11-10-15-17(14(11)16)12-6-4-3-5-7-12;7-6(8,9)3-1-2-11-5(12-3)4(10)13/h3-7,14H,1,8-12H2,2H3,(H,18,20);3-7,10H,2,8-9H2,1H3;1-2H,(H2,10,13). The molecule has 5 heterocycles. The van der Waals surface area contributed by atoms with Crippen LogP contribution in [-0.4, -0.2) is 81.3 Å². The molecule has 2 fully saturated rings. The lowest BCUT2D eigenvalue weighted by Crippen LogP contribution is -2.68. The lowest BCUT2D eigenvalue weighted by Gasteiger charge is -2.57. The number of likely N-dealkylation sites (tertiary alicyclic amines) is 1. The fourth-order valence-corrected chi connectivity index (χ4v) is 6.02. The zero-order valence-corrected chi connectivity index (χ0v) is 29.0. The summed E-state index contributed by atoms with van der Waals surface area (Å²) in [6, 6.07) is 20.6. The van der Waals surface area contributed by atoms with Crippen LogP contribution in [0.2, 0.25) is 0 Å². The van der Waals surface area contributed by atoms with Gasteiger partial charge >= 0.3 is 6.18 Å². The molecule has 0 bridgehead atoms. The highest BCUT2D eigenvalue weighted by atomic mass is 19.4. The number of aromatic nitrogens is 4. The Hall–Kier alpha value is -5.41. The number of anilines is 1. The van der Waals surface area contributed by atoms with Crippen molar-refractivity contribution >= 4 is 23.5 Å². The second-order valence-corrected chi connectivity index (χ2v) is 12.8. The zero-order valence-electron chi connectivity index (χ0n) is 29.0. The van der Waals surface area contributed by atoms with E-state index in [0.29, 0.717) is 36.6 Å². The minimum Gasteiger partial charge on any atom is -0.380 e. The number of benzene rings is 2. The maximum absolute atomic E-state index is 12.2. The van der Waals surface area contributed by atoms with Crippen LogP contribution in [0.1, 0.15) is 47.7 Å². The molecule has 52 heavy (non-hydrogen) atoms. The van der Waals surface area contributed by atoms with E-state index in [1.165, 1.54) is 0 Å². The van der Waals surface area contributed by atoms with E-state index in [2.05, 4.69) is 38.8 Å². The Morgan fingerprint density at radius 3 is 2.27 bits per heavy atom. The van der Waals surface area contributed by atoms with Gasteiger partial charge in [-0.3, -0.25) is 24.2 Å². The number of hydrogen-bond acceptors (Lipinski definition) is 8. The number of primary amides is 1. The van der Waals surface area contributed by atoms with E-state index in [0.717, 1.165) is 61.6 Å². The van der Waals surface area contributed by atoms with Crippen LogP contribution in [0.25, 0.3) is 5.69 Å². The van der Waals surface area contributed by atoms with Gasteiger partial charge in [0.05, 0.1) is 25.1 Å². The number of carbonyl (C=O) groups is 3. The van der Waals surface area contributed by atoms with Crippen LogP contribution in [0.3, 0.4) is 0 Å². The predicted molar refractivity (Wildman–Crippen MR) is 187 cm³/mol. The summed E-state index contributed by atoms with van der Waals surface area (Å²) in [5.74, 6) is -0.680. The summed E-state index contributed by atoms with van der Waals surface area (Å²) >= 11 is 0. The number of para-hydroxylation sites is 1. The number of aryl methyl sites for hydroxylation is 1. The molecule has 274 valence electrons. The maximum atomic E-state index is 12.2. The Morgan fingerprint density at radius 2 is 1.69 bits per heavy atom. The van der Waals surface area contributed by atoms with Crippen LogP contribution in [-0.2, 0) is 33.5 Å². The first-order chi connectivity index (χ1) is 24.8. The summed E-state index contributed by atoms with van der Waals surface area (Å²) in [6.07, 6.45) is -0.515. The van der Waals surface area contributed by atoms with E-state index in [4.69, 9.17) is 10.5 Å². The SMILES string of the molecule is C=C(C(=O)NCc1ccccc1)C(C)N1CC2(COC2)C1.CCN1C(=O)CCc2cnn(-c3ccccc3)c21.NC(=O)c1nccc(C(F)(F)F)n1. The van der Waals surface area contributed by atoms with Gasteiger partial charge in [-0.15, -0.1) is 0 Å². The van der Waals surface area contributed by atoms with E-state index in [1.807, 2.05) is 83.4 Å². The van der Waals surface area contributed by atoms with Crippen molar-refractivity contribution in [3.05, 3.63) is 114 Å². The largest absolute Gasteiger partial charge is 0.433 e. The van der Waals surface area contributed by atoms with E-state index in [9.17, 15) is 27.6 Å². The Bertz CT molecular complexity index is 1870. The molecule has 0 aliphatic carbocycles. The third kappa shape index (κ3) is 8.90. The Morgan fingerprint density at radius 1 is 1.04 bits per heavy atom. The zero-order chi connectivity index (χ0) is 37.5.